The first-order chi connectivity index (χ1) is 22.6. The van der Waals surface area contributed by atoms with E-state index in [0.717, 1.165) is 0 Å². The summed E-state index contributed by atoms with van der Waals surface area (Å²) in [5.74, 6) is -1.21. The number of carbonyl (C=O) groups is 2. The maximum Gasteiger partial charge on any atom is 0.377 e. The fourth-order valence-electron chi connectivity index (χ4n) is 3.97. The quantitative estimate of drug-likeness (QED) is 0.154. The van der Waals surface area contributed by atoms with Crippen LogP contribution >= 0.6 is 0 Å². The summed E-state index contributed by atoms with van der Waals surface area (Å²) in [4.78, 5) is 47.7. The Hall–Kier alpha value is -4.27. The number of nitrogens with zero attached hydrogens (tertiary/aromatic N) is 10. The molecule has 0 saturated heterocycles. The maximum absolute atomic E-state index is 11.6. The molecule has 1 N–H and O–H groups in total. The van der Waals surface area contributed by atoms with Gasteiger partial charge in [0.2, 0.25) is 0 Å². The SMILES string of the molecule is COC(=O)c1ncn(-c2nccnc2[C@@H](C)O[Si](C)(C)C(C)(C)C)n1.C[C@@H](O[Si](C)(C)C(C)(C)C)c1nccnc1-n1cnc(C(=O)O)n1. The van der Waals surface area contributed by atoms with Crippen molar-refractivity contribution in [3.05, 3.63) is 60.5 Å². The van der Waals surface area contributed by atoms with Gasteiger partial charge in [0.05, 0.1) is 19.3 Å². The highest BCUT2D eigenvalue weighted by molar-refractivity contribution is 6.74. The van der Waals surface area contributed by atoms with Crippen LogP contribution in [0.3, 0.4) is 0 Å². The maximum atomic E-state index is 11.6. The fourth-order valence-corrected chi connectivity index (χ4v) is 6.67. The zero-order chi connectivity index (χ0) is 36.9. The molecule has 0 spiro atoms. The number of hydrogen-bond acceptors (Lipinski definition) is 13. The molecule has 16 nitrogen and oxygen atoms in total. The second kappa shape index (κ2) is 15.1. The molecular weight excluding hydrogens is 665 g/mol. The van der Waals surface area contributed by atoms with E-state index in [1.54, 1.807) is 18.6 Å². The van der Waals surface area contributed by atoms with Gasteiger partial charge in [-0.1, -0.05) is 41.5 Å². The number of rotatable bonds is 10. The lowest BCUT2D eigenvalue weighted by molar-refractivity contribution is 0.0586. The summed E-state index contributed by atoms with van der Waals surface area (Å²) in [7, 11) is -2.69. The van der Waals surface area contributed by atoms with Gasteiger partial charge in [0, 0.05) is 24.8 Å². The molecule has 0 bridgehead atoms. The van der Waals surface area contributed by atoms with Gasteiger partial charge in [0.15, 0.2) is 28.3 Å². The Bertz CT molecular complexity index is 1750. The lowest BCUT2D eigenvalue weighted by Crippen LogP contribution is -2.41. The monoisotopic (exact) mass is 712 g/mol. The van der Waals surface area contributed by atoms with Gasteiger partial charge in [-0.2, -0.15) is 9.36 Å². The number of esters is 1. The minimum Gasteiger partial charge on any atom is -0.475 e. The Morgan fingerprint density at radius 2 is 1.04 bits per heavy atom. The highest BCUT2D eigenvalue weighted by Crippen LogP contribution is 2.41. The van der Waals surface area contributed by atoms with Crippen LogP contribution in [-0.4, -0.2) is 90.3 Å². The molecule has 0 unspecified atom stereocenters. The topological polar surface area (TPSA) is 195 Å². The summed E-state index contributed by atoms with van der Waals surface area (Å²) in [6.07, 6.45) is 8.45. The van der Waals surface area contributed by atoms with Gasteiger partial charge in [0.25, 0.3) is 11.6 Å². The number of hydrogen-bond donors (Lipinski definition) is 1. The van der Waals surface area contributed by atoms with Crippen molar-refractivity contribution in [2.45, 2.75) is 104 Å². The Morgan fingerprint density at radius 3 is 1.39 bits per heavy atom. The molecule has 2 atom stereocenters. The second-order valence-electron chi connectivity index (χ2n) is 14.4. The molecule has 0 fully saturated rings. The standard InChI is InChI=1S/C16H25N5O3Si.C15H23N5O3Si/c1-11(24-25(6,7)16(2,3)4)12-14(18-9-8-17-12)21-10-19-13(20-21)15(22)23-5;1-10(23-24(5,6)15(2,3)4)11-13(17-8-7-16-11)20-9-18-12(19-20)14(21)22/h8-11H,1-7H3;7-10H,1-6H3,(H,21,22)/t11-;10-/m11/s1. The van der Waals surface area contributed by atoms with Crippen LogP contribution in [0.1, 0.15) is 100 Å². The van der Waals surface area contributed by atoms with Crippen LogP contribution in [-0.2, 0) is 13.6 Å². The van der Waals surface area contributed by atoms with Gasteiger partial charge in [-0.25, -0.2) is 29.5 Å². The number of ether oxygens (including phenoxy) is 1. The normalized spacial score (nSPS) is 13.7. The van der Waals surface area contributed by atoms with Crippen molar-refractivity contribution < 1.29 is 28.3 Å². The first kappa shape index (κ1) is 39.2. The molecule has 49 heavy (non-hydrogen) atoms. The number of carbonyl (C=O) groups excluding carboxylic acids is 1. The fraction of sp³-hybridized carbons (Fsp3) is 0.548. The van der Waals surface area contributed by atoms with E-state index in [4.69, 9.17) is 14.0 Å². The molecule has 0 amide bonds. The molecule has 4 aromatic rings. The van der Waals surface area contributed by atoms with Gasteiger partial charge in [-0.15, -0.1) is 10.2 Å². The first-order valence-electron chi connectivity index (χ1n) is 15.7. The summed E-state index contributed by atoms with van der Waals surface area (Å²) >= 11 is 0. The van der Waals surface area contributed by atoms with Gasteiger partial charge < -0.3 is 18.7 Å². The van der Waals surface area contributed by atoms with E-state index >= 15 is 0 Å². The lowest BCUT2D eigenvalue weighted by Gasteiger charge is -2.38. The van der Waals surface area contributed by atoms with Crippen LogP contribution in [0, 0.1) is 0 Å². The minimum absolute atomic E-state index is 0.0305. The molecular formula is C31H48N10O6Si2. The predicted octanol–water partition coefficient (Wildman–Crippen LogP) is 5.77. The second-order valence-corrected chi connectivity index (χ2v) is 23.9. The van der Waals surface area contributed by atoms with E-state index in [2.05, 4.69) is 113 Å². The Morgan fingerprint density at radius 1 is 0.673 bits per heavy atom. The van der Waals surface area contributed by atoms with Crippen LogP contribution in [0.4, 0.5) is 0 Å². The average molecular weight is 713 g/mol. The molecule has 0 aliphatic carbocycles. The Balaban J connectivity index is 0.000000266. The van der Waals surface area contributed by atoms with E-state index in [-0.39, 0.29) is 33.9 Å². The van der Waals surface area contributed by atoms with Crippen molar-refractivity contribution in [3.63, 3.8) is 0 Å². The summed E-state index contributed by atoms with van der Waals surface area (Å²) < 4.78 is 20.1. The van der Waals surface area contributed by atoms with Gasteiger partial charge >= 0.3 is 11.9 Å². The van der Waals surface area contributed by atoms with Crippen molar-refractivity contribution in [1.29, 1.82) is 0 Å². The smallest absolute Gasteiger partial charge is 0.377 e. The molecule has 4 aromatic heterocycles. The molecule has 4 heterocycles. The molecule has 18 heteroatoms. The zero-order valence-electron chi connectivity index (χ0n) is 30.6. The minimum atomic E-state index is -1.99. The Labute approximate surface area is 289 Å². The van der Waals surface area contributed by atoms with E-state index < -0.39 is 28.6 Å². The van der Waals surface area contributed by atoms with E-state index in [1.165, 1.54) is 35.3 Å². The number of carboxylic acids is 1. The zero-order valence-corrected chi connectivity index (χ0v) is 32.6. The molecule has 0 aliphatic rings. The van der Waals surface area contributed by atoms with Crippen LogP contribution in [0.2, 0.25) is 36.3 Å². The van der Waals surface area contributed by atoms with Crippen molar-refractivity contribution in [2.24, 2.45) is 0 Å². The van der Waals surface area contributed by atoms with Crippen molar-refractivity contribution in [2.75, 3.05) is 7.11 Å². The molecule has 0 saturated carbocycles. The highest BCUT2D eigenvalue weighted by Gasteiger charge is 2.40. The van der Waals surface area contributed by atoms with E-state index in [0.29, 0.717) is 23.0 Å². The lowest BCUT2D eigenvalue weighted by atomic mass is 10.2. The van der Waals surface area contributed by atoms with Gasteiger partial charge in [0.1, 0.15) is 24.0 Å². The Kier molecular flexibility index (Phi) is 12.1. The third-order valence-corrected chi connectivity index (χ3v) is 17.8. The van der Waals surface area contributed by atoms with Gasteiger partial charge in [-0.05, 0) is 50.1 Å². The highest BCUT2D eigenvalue weighted by atomic mass is 28.4. The molecule has 266 valence electrons. The summed E-state index contributed by atoms with van der Waals surface area (Å²) in [5.41, 5.74) is 1.25. The van der Waals surface area contributed by atoms with E-state index in [1.807, 2.05) is 13.8 Å². The third kappa shape index (κ3) is 9.46. The average Bonchev–Trinajstić information content (AvgIpc) is 3.71. The van der Waals surface area contributed by atoms with Crippen LogP contribution in [0.15, 0.2) is 37.4 Å². The van der Waals surface area contributed by atoms with Crippen molar-refractivity contribution in [3.8, 4) is 11.6 Å². The molecule has 0 radical (unpaired) electrons. The number of aromatic nitrogens is 10. The summed E-state index contributed by atoms with van der Waals surface area (Å²) in [6.45, 7) is 25.6. The van der Waals surface area contributed by atoms with E-state index in [9.17, 15) is 9.59 Å². The van der Waals surface area contributed by atoms with Crippen LogP contribution < -0.4 is 0 Å². The van der Waals surface area contributed by atoms with Crippen LogP contribution in [0.25, 0.3) is 11.6 Å². The van der Waals surface area contributed by atoms with Crippen molar-refractivity contribution in [1.82, 2.24) is 49.5 Å². The third-order valence-electron chi connectivity index (χ3n) is 8.71. The first-order valence-corrected chi connectivity index (χ1v) is 21.5. The largest absolute Gasteiger partial charge is 0.475 e. The number of carboxylic acid groups (broad SMARTS) is 1. The molecule has 0 aromatic carbocycles. The van der Waals surface area contributed by atoms with Crippen LogP contribution in [0.5, 0.6) is 0 Å². The van der Waals surface area contributed by atoms with Gasteiger partial charge in [-0.3, -0.25) is 9.97 Å². The number of methoxy groups -OCH3 is 1. The summed E-state index contributed by atoms with van der Waals surface area (Å²) in [5, 5.41) is 17.2. The number of aromatic carboxylic acids is 1. The molecule has 4 rings (SSSR count). The predicted molar refractivity (Wildman–Crippen MR) is 186 cm³/mol. The summed E-state index contributed by atoms with van der Waals surface area (Å²) in [6, 6.07) is 0. The molecule has 0 aliphatic heterocycles. The van der Waals surface area contributed by atoms with Crippen molar-refractivity contribution >= 4 is 28.6 Å².